The van der Waals surface area contributed by atoms with Crippen LogP contribution >= 0.6 is 0 Å². The van der Waals surface area contributed by atoms with E-state index in [2.05, 4.69) is 0 Å². The zero-order valence-corrected chi connectivity index (χ0v) is 12.6. The number of ether oxygens (including phenoxy) is 2. The zero-order valence-electron chi connectivity index (χ0n) is 12.6. The van der Waals surface area contributed by atoms with Crippen molar-refractivity contribution in [3.8, 4) is 0 Å². The van der Waals surface area contributed by atoms with Gasteiger partial charge >= 0.3 is 11.9 Å². The fraction of sp³-hybridized carbons (Fsp3) is 0.500. The molecule has 1 rings (SSSR count). The van der Waals surface area contributed by atoms with E-state index in [9.17, 15) is 9.59 Å². The molecule has 4 nitrogen and oxygen atoms in total. The summed E-state index contributed by atoms with van der Waals surface area (Å²) in [7, 11) is 0. The van der Waals surface area contributed by atoms with Gasteiger partial charge in [-0.2, -0.15) is 0 Å². The Kier molecular flexibility index (Phi) is 6.22. The molecule has 0 amide bonds. The Morgan fingerprint density at radius 3 is 2.00 bits per heavy atom. The predicted octanol–water partition coefficient (Wildman–Crippen LogP) is 3.16. The van der Waals surface area contributed by atoms with Crippen LogP contribution in [0.4, 0.5) is 0 Å². The van der Waals surface area contributed by atoms with E-state index in [1.54, 1.807) is 19.9 Å². The standard InChI is InChI=1S/C16H22O4/c1-5-11-9-10-13(15(17)19-7-3)14(12(11)6-2)16(18)20-8-4/h9-10H,5-8H2,1-4H3. The van der Waals surface area contributed by atoms with E-state index in [0.717, 1.165) is 17.5 Å². The third kappa shape index (κ3) is 3.38. The second-order valence-corrected chi connectivity index (χ2v) is 4.27. The van der Waals surface area contributed by atoms with Crippen molar-refractivity contribution in [1.29, 1.82) is 0 Å². The number of aryl methyl sites for hydroxylation is 1. The van der Waals surface area contributed by atoms with E-state index in [1.165, 1.54) is 0 Å². The van der Waals surface area contributed by atoms with E-state index in [4.69, 9.17) is 9.47 Å². The normalized spacial score (nSPS) is 10.2. The van der Waals surface area contributed by atoms with E-state index in [0.29, 0.717) is 17.5 Å². The lowest BCUT2D eigenvalue weighted by molar-refractivity contribution is 0.0477. The van der Waals surface area contributed by atoms with Gasteiger partial charge in [-0.15, -0.1) is 0 Å². The van der Waals surface area contributed by atoms with E-state index in [-0.39, 0.29) is 13.2 Å². The van der Waals surface area contributed by atoms with Crippen molar-refractivity contribution in [2.24, 2.45) is 0 Å². The Hall–Kier alpha value is -1.84. The first kappa shape index (κ1) is 16.2. The molecule has 0 unspecified atom stereocenters. The number of hydrogen-bond acceptors (Lipinski definition) is 4. The van der Waals surface area contributed by atoms with Gasteiger partial charge in [-0.25, -0.2) is 9.59 Å². The summed E-state index contributed by atoms with van der Waals surface area (Å²) in [6.45, 7) is 8.03. The molecule has 0 fully saturated rings. The minimum atomic E-state index is -0.479. The fourth-order valence-corrected chi connectivity index (χ4v) is 2.24. The van der Waals surface area contributed by atoms with Crippen LogP contribution in [0.2, 0.25) is 0 Å². The maximum Gasteiger partial charge on any atom is 0.339 e. The minimum Gasteiger partial charge on any atom is -0.462 e. The van der Waals surface area contributed by atoms with Crippen LogP contribution in [0.15, 0.2) is 12.1 Å². The van der Waals surface area contributed by atoms with Gasteiger partial charge in [0.15, 0.2) is 0 Å². The maximum atomic E-state index is 12.2. The summed E-state index contributed by atoms with van der Waals surface area (Å²) in [5.74, 6) is -0.935. The molecule has 0 aliphatic carbocycles. The zero-order chi connectivity index (χ0) is 15.1. The van der Waals surface area contributed by atoms with Crippen molar-refractivity contribution in [3.05, 3.63) is 34.4 Å². The number of esters is 2. The molecule has 0 radical (unpaired) electrons. The SMILES string of the molecule is CCOC(=O)c1ccc(CC)c(CC)c1C(=O)OCC. The number of carbonyl (C=O) groups excluding carboxylic acids is 2. The Balaban J connectivity index is 3.43. The van der Waals surface area contributed by atoms with Gasteiger partial charge in [0.1, 0.15) is 0 Å². The highest BCUT2D eigenvalue weighted by Crippen LogP contribution is 2.23. The van der Waals surface area contributed by atoms with E-state index >= 15 is 0 Å². The smallest absolute Gasteiger partial charge is 0.339 e. The molecule has 0 aliphatic heterocycles. The van der Waals surface area contributed by atoms with Crippen molar-refractivity contribution < 1.29 is 19.1 Å². The molecule has 0 bridgehead atoms. The molecule has 4 heteroatoms. The molecule has 0 N–H and O–H groups in total. The van der Waals surface area contributed by atoms with Crippen molar-refractivity contribution in [1.82, 2.24) is 0 Å². The molecule has 0 saturated heterocycles. The topological polar surface area (TPSA) is 52.6 Å². The monoisotopic (exact) mass is 278 g/mol. The lowest BCUT2D eigenvalue weighted by atomic mass is 9.93. The van der Waals surface area contributed by atoms with Crippen LogP contribution < -0.4 is 0 Å². The number of benzene rings is 1. The first-order valence-electron chi connectivity index (χ1n) is 7.09. The first-order chi connectivity index (χ1) is 9.60. The molecule has 0 heterocycles. The lowest BCUT2D eigenvalue weighted by Crippen LogP contribution is -2.17. The molecule has 1 aromatic rings. The van der Waals surface area contributed by atoms with Crippen LogP contribution in [0.3, 0.4) is 0 Å². The summed E-state index contributed by atoms with van der Waals surface area (Å²) in [6, 6.07) is 3.54. The summed E-state index contributed by atoms with van der Waals surface area (Å²) < 4.78 is 10.1. The molecule has 0 saturated carbocycles. The van der Waals surface area contributed by atoms with Gasteiger partial charge in [-0.3, -0.25) is 0 Å². The second-order valence-electron chi connectivity index (χ2n) is 4.27. The third-order valence-corrected chi connectivity index (χ3v) is 3.12. The Bertz CT molecular complexity index is 491. The Morgan fingerprint density at radius 2 is 1.50 bits per heavy atom. The minimum absolute atomic E-state index is 0.276. The number of rotatable bonds is 6. The summed E-state index contributed by atoms with van der Waals surface area (Å²) >= 11 is 0. The Morgan fingerprint density at radius 1 is 0.900 bits per heavy atom. The van der Waals surface area contributed by atoms with Gasteiger partial charge in [0.25, 0.3) is 0 Å². The van der Waals surface area contributed by atoms with Gasteiger partial charge in [0.2, 0.25) is 0 Å². The highest BCUT2D eigenvalue weighted by atomic mass is 16.5. The summed E-state index contributed by atoms with van der Waals surface area (Å²) in [5, 5.41) is 0. The molecule has 0 atom stereocenters. The number of hydrogen-bond donors (Lipinski definition) is 0. The maximum absolute atomic E-state index is 12.2. The van der Waals surface area contributed by atoms with E-state index < -0.39 is 11.9 Å². The van der Waals surface area contributed by atoms with Crippen molar-refractivity contribution >= 4 is 11.9 Å². The molecule has 110 valence electrons. The first-order valence-corrected chi connectivity index (χ1v) is 7.09. The summed E-state index contributed by atoms with van der Waals surface area (Å²) in [4.78, 5) is 24.2. The van der Waals surface area contributed by atoms with Crippen LogP contribution in [0.25, 0.3) is 0 Å². The highest BCUT2D eigenvalue weighted by molar-refractivity contribution is 6.04. The van der Waals surface area contributed by atoms with Crippen molar-refractivity contribution in [2.75, 3.05) is 13.2 Å². The number of carbonyl (C=O) groups is 2. The van der Waals surface area contributed by atoms with Gasteiger partial charge in [0, 0.05) is 0 Å². The van der Waals surface area contributed by atoms with Crippen LogP contribution in [0.5, 0.6) is 0 Å². The highest BCUT2D eigenvalue weighted by Gasteiger charge is 2.23. The van der Waals surface area contributed by atoms with Crippen molar-refractivity contribution in [3.63, 3.8) is 0 Å². The van der Waals surface area contributed by atoms with Crippen LogP contribution in [0.1, 0.15) is 59.5 Å². The molecule has 0 spiro atoms. The average Bonchev–Trinajstić information content (AvgIpc) is 2.45. The van der Waals surface area contributed by atoms with Gasteiger partial charge in [-0.05, 0) is 43.9 Å². The molecule has 0 aromatic heterocycles. The molecule has 20 heavy (non-hydrogen) atoms. The summed E-state index contributed by atoms with van der Waals surface area (Å²) in [5.41, 5.74) is 2.58. The van der Waals surface area contributed by atoms with E-state index in [1.807, 2.05) is 19.9 Å². The molecule has 0 aliphatic rings. The van der Waals surface area contributed by atoms with Gasteiger partial charge in [-0.1, -0.05) is 19.9 Å². The average molecular weight is 278 g/mol. The third-order valence-electron chi connectivity index (χ3n) is 3.12. The predicted molar refractivity (Wildman–Crippen MR) is 77.1 cm³/mol. The van der Waals surface area contributed by atoms with Crippen LogP contribution in [-0.4, -0.2) is 25.2 Å². The quantitative estimate of drug-likeness (QED) is 0.750. The van der Waals surface area contributed by atoms with Crippen molar-refractivity contribution in [2.45, 2.75) is 40.5 Å². The largest absolute Gasteiger partial charge is 0.462 e. The summed E-state index contributed by atoms with van der Waals surface area (Å²) in [6.07, 6.45) is 1.48. The molecular weight excluding hydrogens is 256 g/mol. The van der Waals surface area contributed by atoms with Gasteiger partial charge < -0.3 is 9.47 Å². The van der Waals surface area contributed by atoms with Crippen LogP contribution in [-0.2, 0) is 22.3 Å². The lowest BCUT2D eigenvalue weighted by Gasteiger charge is -2.15. The molecule has 1 aromatic carbocycles. The molecular formula is C16H22O4. The fourth-order valence-electron chi connectivity index (χ4n) is 2.24. The second kappa shape index (κ2) is 7.68. The Labute approximate surface area is 120 Å². The van der Waals surface area contributed by atoms with Crippen LogP contribution in [0, 0.1) is 0 Å². The van der Waals surface area contributed by atoms with Gasteiger partial charge in [0.05, 0.1) is 24.3 Å².